The van der Waals surface area contributed by atoms with Crippen LogP contribution in [-0.4, -0.2) is 61.8 Å². The Kier molecular flexibility index (Phi) is 6.80. The summed E-state index contributed by atoms with van der Waals surface area (Å²) in [7, 11) is -3.05. The van der Waals surface area contributed by atoms with Crippen LogP contribution in [0.2, 0.25) is 0 Å². The van der Waals surface area contributed by atoms with Crippen molar-refractivity contribution < 1.29 is 18.0 Å². The molecule has 1 rings (SSSR count). The third kappa shape index (κ3) is 5.24. The van der Waals surface area contributed by atoms with Crippen molar-refractivity contribution in [2.45, 2.75) is 45.7 Å². The molecule has 22 heavy (non-hydrogen) atoms. The van der Waals surface area contributed by atoms with Gasteiger partial charge in [-0.3, -0.25) is 9.59 Å². The molecule has 2 atom stereocenters. The van der Waals surface area contributed by atoms with E-state index >= 15 is 0 Å². The van der Waals surface area contributed by atoms with Gasteiger partial charge in [-0.15, -0.1) is 0 Å². The van der Waals surface area contributed by atoms with Crippen LogP contribution < -0.4 is 11.1 Å². The Morgan fingerprint density at radius 1 is 1.36 bits per heavy atom. The SMILES string of the molecule is CCCN(C(=O)CNC(=O)[C@@H](N)C(C)C)C1CCS(=O)(=O)C1. The van der Waals surface area contributed by atoms with Gasteiger partial charge in [-0.05, 0) is 18.8 Å². The van der Waals surface area contributed by atoms with E-state index in [0.29, 0.717) is 13.0 Å². The molecule has 1 aliphatic heterocycles. The monoisotopic (exact) mass is 333 g/mol. The number of carbonyl (C=O) groups excluding carboxylic acids is 2. The molecule has 3 N–H and O–H groups in total. The topological polar surface area (TPSA) is 110 Å². The van der Waals surface area contributed by atoms with E-state index in [1.807, 2.05) is 20.8 Å². The molecule has 0 spiro atoms. The Bertz CT molecular complexity index is 504. The fourth-order valence-corrected chi connectivity index (χ4v) is 4.19. The van der Waals surface area contributed by atoms with Crippen molar-refractivity contribution in [3.8, 4) is 0 Å². The van der Waals surface area contributed by atoms with Gasteiger partial charge in [0.25, 0.3) is 0 Å². The molecule has 8 heteroatoms. The lowest BCUT2D eigenvalue weighted by atomic mass is 10.1. The first-order valence-corrected chi connectivity index (χ1v) is 9.53. The molecule has 0 radical (unpaired) electrons. The molecule has 2 amide bonds. The molecule has 1 saturated heterocycles. The average Bonchev–Trinajstić information content (AvgIpc) is 2.80. The van der Waals surface area contributed by atoms with Crippen molar-refractivity contribution >= 4 is 21.7 Å². The number of nitrogens with two attached hydrogens (primary N) is 1. The maximum Gasteiger partial charge on any atom is 0.242 e. The molecule has 0 aromatic heterocycles. The summed E-state index contributed by atoms with van der Waals surface area (Å²) >= 11 is 0. The Hall–Kier alpha value is -1.15. The Balaban J connectivity index is 2.61. The molecule has 0 saturated carbocycles. The highest BCUT2D eigenvalue weighted by Gasteiger charge is 2.34. The van der Waals surface area contributed by atoms with E-state index in [1.165, 1.54) is 0 Å². The molecule has 128 valence electrons. The number of nitrogens with zero attached hydrogens (tertiary/aromatic N) is 1. The number of amides is 2. The molecular weight excluding hydrogens is 306 g/mol. The molecule has 1 unspecified atom stereocenters. The fourth-order valence-electron chi connectivity index (χ4n) is 2.46. The second-order valence-corrected chi connectivity index (χ2v) is 8.36. The van der Waals surface area contributed by atoms with E-state index < -0.39 is 15.9 Å². The van der Waals surface area contributed by atoms with Crippen LogP contribution in [0.5, 0.6) is 0 Å². The third-order valence-electron chi connectivity index (χ3n) is 3.87. The van der Waals surface area contributed by atoms with Crippen LogP contribution in [0.15, 0.2) is 0 Å². The lowest BCUT2D eigenvalue weighted by Gasteiger charge is -2.28. The molecule has 0 aromatic rings. The maximum absolute atomic E-state index is 12.3. The lowest BCUT2D eigenvalue weighted by Crippen LogP contribution is -2.50. The number of nitrogens with one attached hydrogen (secondary N) is 1. The summed E-state index contributed by atoms with van der Waals surface area (Å²) in [6, 6.07) is -0.938. The summed E-state index contributed by atoms with van der Waals surface area (Å²) in [6.45, 7) is 5.94. The van der Waals surface area contributed by atoms with Gasteiger partial charge in [0.15, 0.2) is 9.84 Å². The summed E-state index contributed by atoms with van der Waals surface area (Å²) in [5.74, 6) is -0.498. The summed E-state index contributed by atoms with van der Waals surface area (Å²) in [4.78, 5) is 25.7. The highest BCUT2D eigenvalue weighted by Crippen LogP contribution is 2.18. The average molecular weight is 333 g/mol. The molecule has 0 aliphatic carbocycles. The second kappa shape index (κ2) is 7.92. The van der Waals surface area contributed by atoms with Crippen LogP contribution in [0.3, 0.4) is 0 Å². The molecule has 1 heterocycles. The van der Waals surface area contributed by atoms with Crippen LogP contribution in [-0.2, 0) is 19.4 Å². The lowest BCUT2D eigenvalue weighted by molar-refractivity contribution is -0.134. The standard InChI is InChI=1S/C14H27N3O4S/c1-4-6-17(11-5-7-22(20,21)9-11)12(18)8-16-14(19)13(15)10(2)3/h10-11,13H,4-9,15H2,1-3H3,(H,16,19)/t11?,13-/m0/s1. The van der Waals surface area contributed by atoms with Crippen molar-refractivity contribution in [1.82, 2.24) is 10.2 Å². The molecule has 1 fully saturated rings. The van der Waals surface area contributed by atoms with Crippen molar-refractivity contribution in [3.05, 3.63) is 0 Å². The van der Waals surface area contributed by atoms with Crippen LogP contribution >= 0.6 is 0 Å². The van der Waals surface area contributed by atoms with Crippen molar-refractivity contribution in [2.75, 3.05) is 24.6 Å². The molecule has 0 bridgehead atoms. The van der Waals surface area contributed by atoms with Gasteiger partial charge in [0.1, 0.15) is 0 Å². The summed E-state index contributed by atoms with van der Waals surface area (Å²) in [6.07, 6.45) is 1.20. The Labute approximate surface area is 132 Å². The predicted molar refractivity (Wildman–Crippen MR) is 84.9 cm³/mol. The van der Waals surface area contributed by atoms with Crippen molar-refractivity contribution in [1.29, 1.82) is 0 Å². The number of sulfone groups is 1. The van der Waals surface area contributed by atoms with Gasteiger partial charge < -0.3 is 16.0 Å². The zero-order valence-electron chi connectivity index (χ0n) is 13.5. The number of carbonyl (C=O) groups is 2. The molecule has 7 nitrogen and oxygen atoms in total. The van der Waals surface area contributed by atoms with E-state index in [-0.39, 0.29) is 41.8 Å². The summed E-state index contributed by atoms with van der Waals surface area (Å²) in [5.41, 5.74) is 5.72. The van der Waals surface area contributed by atoms with Gasteiger partial charge >= 0.3 is 0 Å². The van der Waals surface area contributed by atoms with E-state index in [1.54, 1.807) is 4.90 Å². The van der Waals surface area contributed by atoms with Crippen molar-refractivity contribution in [2.24, 2.45) is 11.7 Å². The fraction of sp³-hybridized carbons (Fsp3) is 0.857. The first kappa shape index (κ1) is 18.9. The number of hydrogen-bond acceptors (Lipinski definition) is 5. The van der Waals surface area contributed by atoms with Crippen LogP contribution in [0.1, 0.15) is 33.6 Å². The smallest absolute Gasteiger partial charge is 0.242 e. The summed E-state index contributed by atoms with van der Waals surface area (Å²) < 4.78 is 23.2. The molecule has 0 aromatic carbocycles. The first-order valence-electron chi connectivity index (χ1n) is 7.71. The third-order valence-corrected chi connectivity index (χ3v) is 5.62. The number of rotatable bonds is 7. The number of hydrogen-bond donors (Lipinski definition) is 2. The second-order valence-electron chi connectivity index (χ2n) is 6.13. The van der Waals surface area contributed by atoms with E-state index in [2.05, 4.69) is 5.32 Å². The van der Waals surface area contributed by atoms with Gasteiger partial charge in [0.05, 0.1) is 24.1 Å². The summed E-state index contributed by atoms with van der Waals surface area (Å²) in [5, 5.41) is 2.54. The highest BCUT2D eigenvalue weighted by molar-refractivity contribution is 7.91. The molecule has 1 aliphatic rings. The van der Waals surface area contributed by atoms with Crippen LogP contribution in [0, 0.1) is 5.92 Å². The Morgan fingerprint density at radius 3 is 2.45 bits per heavy atom. The molecular formula is C14H27N3O4S. The van der Waals surface area contributed by atoms with E-state index in [4.69, 9.17) is 5.73 Å². The van der Waals surface area contributed by atoms with Gasteiger partial charge in [0.2, 0.25) is 11.8 Å². The van der Waals surface area contributed by atoms with Gasteiger partial charge in [-0.25, -0.2) is 8.42 Å². The van der Waals surface area contributed by atoms with E-state index in [9.17, 15) is 18.0 Å². The van der Waals surface area contributed by atoms with Crippen LogP contribution in [0.25, 0.3) is 0 Å². The first-order chi connectivity index (χ1) is 10.2. The van der Waals surface area contributed by atoms with Gasteiger partial charge in [-0.2, -0.15) is 0 Å². The Morgan fingerprint density at radius 2 is 2.00 bits per heavy atom. The zero-order chi connectivity index (χ0) is 16.9. The van der Waals surface area contributed by atoms with Gasteiger partial charge in [0, 0.05) is 12.6 Å². The quantitative estimate of drug-likeness (QED) is 0.653. The maximum atomic E-state index is 12.3. The van der Waals surface area contributed by atoms with Gasteiger partial charge in [-0.1, -0.05) is 20.8 Å². The minimum absolute atomic E-state index is 0.0121. The van der Waals surface area contributed by atoms with Crippen molar-refractivity contribution in [3.63, 3.8) is 0 Å². The zero-order valence-corrected chi connectivity index (χ0v) is 14.4. The van der Waals surface area contributed by atoms with Crippen LogP contribution in [0.4, 0.5) is 0 Å². The normalized spacial score (nSPS) is 21.6. The predicted octanol–water partition coefficient (Wildman–Crippen LogP) is -0.488. The minimum Gasteiger partial charge on any atom is -0.346 e. The minimum atomic E-state index is -3.05. The van der Waals surface area contributed by atoms with E-state index in [0.717, 1.165) is 6.42 Å². The highest BCUT2D eigenvalue weighted by atomic mass is 32.2. The largest absolute Gasteiger partial charge is 0.346 e.